The summed E-state index contributed by atoms with van der Waals surface area (Å²) < 4.78 is 29.7. The SMILES string of the molecule is CCC(C)S(=O)(=O)Cc1c(C(=O)O)oc2ccccc12. The van der Waals surface area contributed by atoms with Gasteiger partial charge in [0, 0.05) is 10.9 Å². The zero-order valence-electron chi connectivity index (χ0n) is 11.3. The van der Waals surface area contributed by atoms with Crippen molar-refractivity contribution in [3.05, 3.63) is 35.6 Å². The molecular formula is C14H16O5S. The largest absolute Gasteiger partial charge is 0.475 e. The normalized spacial score (nSPS) is 13.5. The molecule has 0 amide bonds. The van der Waals surface area contributed by atoms with Gasteiger partial charge < -0.3 is 9.52 Å². The fourth-order valence-corrected chi connectivity index (χ4v) is 3.49. The molecule has 0 bridgehead atoms. The van der Waals surface area contributed by atoms with Crippen molar-refractivity contribution in [2.75, 3.05) is 0 Å². The van der Waals surface area contributed by atoms with Crippen molar-refractivity contribution in [2.24, 2.45) is 0 Å². The first-order valence-corrected chi connectivity index (χ1v) is 8.03. The number of carboxylic acid groups (broad SMARTS) is 1. The summed E-state index contributed by atoms with van der Waals surface area (Å²) in [5, 5.41) is 9.19. The third-order valence-corrected chi connectivity index (χ3v) is 5.68. The van der Waals surface area contributed by atoms with E-state index in [4.69, 9.17) is 4.42 Å². The fraction of sp³-hybridized carbons (Fsp3) is 0.357. The van der Waals surface area contributed by atoms with Gasteiger partial charge in [0.15, 0.2) is 9.84 Å². The average Bonchev–Trinajstić information content (AvgIpc) is 2.76. The van der Waals surface area contributed by atoms with Gasteiger partial charge in [0.25, 0.3) is 0 Å². The van der Waals surface area contributed by atoms with Crippen LogP contribution >= 0.6 is 0 Å². The van der Waals surface area contributed by atoms with Crippen molar-refractivity contribution in [1.29, 1.82) is 0 Å². The van der Waals surface area contributed by atoms with Crippen LogP contribution in [0.15, 0.2) is 28.7 Å². The molecule has 1 heterocycles. The van der Waals surface area contributed by atoms with Crippen LogP contribution in [-0.2, 0) is 15.6 Å². The molecule has 2 rings (SSSR count). The first kappa shape index (κ1) is 14.6. The van der Waals surface area contributed by atoms with Crippen molar-refractivity contribution >= 4 is 26.8 Å². The first-order chi connectivity index (χ1) is 9.36. The Balaban J connectivity index is 2.58. The Morgan fingerprint density at radius 3 is 2.60 bits per heavy atom. The van der Waals surface area contributed by atoms with Gasteiger partial charge in [0.05, 0.1) is 11.0 Å². The lowest BCUT2D eigenvalue weighted by molar-refractivity contribution is 0.0664. The van der Waals surface area contributed by atoms with Gasteiger partial charge in [-0.05, 0) is 19.4 Å². The Labute approximate surface area is 117 Å². The van der Waals surface area contributed by atoms with E-state index in [1.165, 1.54) is 0 Å². The number of benzene rings is 1. The molecule has 0 fully saturated rings. The third kappa shape index (κ3) is 2.56. The average molecular weight is 296 g/mol. The number of hydrogen-bond donors (Lipinski definition) is 1. The van der Waals surface area contributed by atoms with Gasteiger partial charge in [-0.3, -0.25) is 0 Å². The minimum Gasteiger partial charge on any atom is -0.475 e. The van der Waals surface area contributed by atoms with E-state index >= 15 is 0 Å². The number of fused-ring (bicyclic) bond motifs is 1. The van der Waals surface area contributed by atoms with Crippen molar-refractivity contribution in [1.82, 2.24) is 0 Å². The minimum absolute atomic E-state index is 0.230. The van der Waals surface area contributed by atoms with Gasteiger partial charge in [-0.1, -0.05) is 25.1 Å². The summed E-state index contributed by atoms with van der Waals surface area (Å²) in [6, 6.07) is 6.74. The van der Waals surface area contributed by atoms with Gasteiger partial charge in [-0.15, -0.1) is 0 Å². The Kier molecular flexibility index (Phi) is 3.85. The van der Waals surface area contributed by atoms with E-state index in [1.807, 2.05) is 0 Å². The summed E-state index contributed by atoms with van der Waals surface area (Å²) >= 11 is 0. The van der Waals surface area contributed by atoms with Crippen LogP contribution in [0.1, 0.15) is 36.4 Å². The van der Waals surface area contributed by atoms with Crippen LogP contribution in [0.25, 0.3) is 11.0 Å². The summed E-state index contributed by atoms with van der Waals surface area (Å²) in [7, 11) is -3.40. The molecule has 0 radical (unpaired) electrons. The second kappa shape index (κ2) is 5.28. The summed E-state index contributed by atoms with van der Waals surface area (Å²) in [6.45, 7) is 3.41. The number of rotatable bonds is 5. The molecular weight excluding hydrogens is 280 g/mol. The van der Waals surface area contributed by atoms with E-state index < -0.39 is 21.1 Å². The van der Waals surface area contributed by atoms with Crippen LogP contribution in [0.5, 0.6) is 0 Å². The molecule has 1 N–H and O–H groups in total. The lowest BCUT2D eigenvalue weighted by Crippen LogP contribution is -2.19. The summed E-state index contributed by atoms with van der Waals surface area (Å²) in [6.07, 6.45) is 0.487. The second-order valence-corrected chi connectivity index (χ2v) is 7.16. The predicted molar refractivity (Wildman–Crippen MR) is 75.6 cm³/mol. The highest BCUT2D eigenvalue weighted by Crippen LogP contribution is 2.28. The Morgan fingerprint density at radius 1 is 1.35 bits per heavy atom. The Morgan fingerprint density at radius 2 is 2.00 bits per heavy atom. The highest BCUT2D eigenvalue weighted by atomic mass is 32.2. The smallest absolute Gasteiger partial charge is 0.372 e. The number of carbonyl (C=O) groups is 1. The number of para-hydroxylation sites is 1. The number of hydrogen-bond acceptors (Lipinski definition) is 4. The van der Waals surface area contributed by atoms with E-state index in [1.54, 1.807) is 38.1 Å². The van der Waals surface area contributed by atoms with Crippen LogP contribution in [0.4, 0.5) is 0 Å². The van der Waals surface area contributed by atoms with Gasteiger partial charge in [0.2, 0.25) is 5.76 Å². The van der Waals surface area contributed by atoms with Crippen LogP contribution in [-0.4, -0.2) is 24.7 Å². The predicted octanol–water partition coefficient (Wildman–Crippen LogP) is 2.84. The monoisotopic (exact) mass is 296 g/mol. The Bertz CT molecular complexity index is 742. The molecule has 1 aromatic carbocycles. The molecule has 0 spiro atoms. The van der Waals surface area contributed by atoms with Crippen LogP contribution < -0.4 is 0 Å². The van der Waals surface area contributed by atoms with Crippen molar-refractivity contribution in [3.8, 4) is 0 Å². The van der Waals surface area contributed by atoms with Crippen molar-refractivity contribution < 1.29 is 22.7 Å². The van der Waals surface area contributed by atoms with E-state index in [2.05, 4.69) is 0 Å². The summed E-state index contributed by atoms with van der Waals surface area (Å²) in [5.41, 5.74) is 0.618. The van der Waals surface area contributed by atoms with Crippen molar-refractivity contribution in [2.45, 2.75) is 31.3 Å². The second-order valence-electron chi connectivity index (χ2n) is 4.74. The molecule has 1 atom stereocenters. The first-order valence-electron chi connectivity index (χ1n) is 6.32. The van der Waals surface area contributed by atoms with E-state index in [0.717, 1.165) is 0 Å². The number of furan rings is 1. The highest BCUT2D eigenvalue weighted by Gasteiger charge is 2.27. The molecule has 0 saturated heterocycles. The number of sulfone groups is 1. The quantitative estimate of drug-likeness (QED) is 0.917. The molecule has 0 aliphatic heterocycles. The van der Waals surface area contributed by atoms with E-state index in [-0.39, 0.29) is 17.1 Å². The van der Waals surface area contributed by atoms with Gasteiger partial charge in [-0.25, -0.2) is 13.2 Å². The van der Waals surface area contributed by atoms with E-state index in [0.29, 0.717) is 17.4 Å². The zero-order valence-corrected chi connectivity index (χ0v) is 12.1. The molecule has 1 aromatic heterocycles. The maximum atomic E-state index is 12.2. The lowest BCUT2D eigenvalue weighted by atomic mass is 10.1. The number of carboxylic acids is 1. The minimum atomic E-state index is -3.40. The Hall–Kier alpha value is -1.82. The van der Waals surface area contributed by atoms with Gasteiger partial charge in [-0.2, -0.15) is 0 Å². The third-order valence-electron chi connectivity index (χ3n) is 3.43. The molecule has 0 aliphatic rings. The molecule has 5 nitrogen and oxygen atoms in total. The summed E-state index contributed by atoms with van der Waals surface area (Å²) in [5.74, 6) is -1.87. The van der Waals surface area contributed by atoms with Crippen LogP contribution in [0, 0.1) is 0 Å². The molecule has 20 heavy (non-hydrogen) atoms. The van der Waals surface area contributed by atoms with Crippen LogP contribution in [0.3, 0.4) is 0 Å². The van der Waals surface area contributed by atoms with Gasteiger partial charge >= 0.3 is 5.97 Å². The standard InChI is InChI=1S/C14H16O5S/c1-3-9(2)20(17,18)8-11-10-6-4-5-7-12(10)19-13(11)14(15)16/h4-7,9H,3,8H2,1-2H3,(H,15,16). The highest BCUT2D eigenvalue weighted by molar-refractivity contribution is 7.91. The molecule has 6 heteroatoms. The lowest BCUT2D eigenvalue weighted by Gasteiger charge is -2.10. The van der Waals surface area contributed by atoms with E-state index in [9.17, 15) is 18.3 Å². The molecule has 108 valence electrons. The molecule has 2 aromatic rings. The zero-order chi connectivity index (χ0) is 14.9. The maximum Gasteiger partial charge on any atom is 0.372 e. The van der Waals surface area contributed by atoms with Gasteiger partial charge in [0.1, 0.15) is 5.58 Å². The molecule has 1 unspecified atom stereocenters. The van der Waals surface area contributed by atoms with Crippen molar-refractivity contribution in [3.63, 3.8) is 0 Å². The summed E-state index contributed by atoms with van der Waals surface area (Å²) in [4.78, 5) is 11.2. The van der Waals surface area contributed by atoms with Crippen LogP contribution in [0.2, 0.25) is 0 Å². The topological polar surface area (TPSA) is 84.6 Å². The number of aromatic carboxylic acids is 1. The molecule has 0 aliphatic carbocycles. The fourth-order valence-electron chi connectivity index (χ4n) is 2.01. The maximum absolute atomic E-state index is 12.2. The molecule has 0 saturated carbocycles.